The summed E-state index contributed by atoms with van der Waals surface area (Å²) in [5.41, 5.74) is 2.72. The van der Waals surface area contributed by atoms with Crippen LogP contribution in [0, 0.1) is 6.92 Å². The summed E-state index contributed by atoms with van der Waals surface area (Å²) in [6.07, 6.45) is -9.23. The summed E-state index contributed by atoms with van der Waals surface area (Å²) in [5, 5.41) is -0.500. The average molecular weight is 414 g/mol. The molecule has 0 aliphatic rings. The molecule has 1 heterocycles. The lowest BCUT2D eigenvalue weighted by Crippen LogP contribution is -2.14. The van der Waals surface area contributed by atoms with Crippen LogP contribution in [-0.4, -0.2) is 18.1 Å². The number of alkyl halides is 6. The van der Waals surface area contributed by atoms with E-state index >= 15 is 0 Å². The van der Waals surface area contributed by atoms with Crippen LogP contribution in [0.2, 0.25) is 0 Å². The van der Waals surface area contributed by atoms with Gasteiger partial charge in [0.2, 0.25) is 0 Å². The number of hydrogen-bond acceptors (Lipinski definition) is 5. The second kappa shape index (κ2) is 8.15. The number of carbonyl (C=O) groups is 1. The maximum atomic E-state index is 13.4. The molecule has 0 unspecified atom stereocenters. The van der Waals surface area contributed by atoms with Gasteiger partial charge in [-0.2, -0.15) is 26.3 Å². The highest BCUT2D eigenvalue weighted by molar-refractivity contribution is 7.15. The molecule has 2 N–H and O–H groups in total. The van der Waals surface area contributed by atoms with Crippen molar-refractivity contribution in [2.45, 2.75) is 33.1 Å². The number of hydrogen-bond donors (Lipinski definition) is 1. The SMILES string of the molecule is CC.COC(=O)c1cc(C(F)(F)F)c(-c2ncc(C(F)(F)F)s2)c(C)c1N. The van der Waals surface area contributed by atoms with Gasteiger partial charge in [0.25, 0.3) is 0 Å². The predicted molar refractivity (Wildman–Crippen MR) is 89.4 cm³/mol. The van der Waals surface area contributed by atoms with Crippen LogP contribution in [0.15, 0.2) is 12.3 Å². The predicted octanol–water partition coefficient (Wildman–Crippen LogP) is 5.55. The third kappa shape index (κ3) is 4.71. The molecular weight excluding hydrogens is 398 g/mol. The molecule has 2 rings (SSSR count). The monoisotopic (exact) mass is 414 g/mol. The number of nitrogens with two attached hydrogens (primary N) is 1. The zero-order valence-corrected chi connectivity index (χ0v) is 15.5. The first-order valence-electron chi connectivity index (χ1n) is 7.50. The number of halogens is 6. The molecule has 2 aromatic rings. The van der Waals surface area contributed by atoms with Crippen LogP contribution in [0.25, 0.3) is 10.6 Å². The van der Waals surface area contributed by atoms with Gasteiger partial charge in [-0.15, -0.1) is 11.3 Å². The van der Waals surface area contributed by atoms with Gasteiger partial charge < -0.3 is 10.5 Å². The van der Waals surface area contributed by atoms with E-state index in [1.165, 1.54) is 6.92 Å². The summed E-state index contributed by atoms with van der Waals surface area (Å²) in [5.74, 6) is -1.09. The van der Waals surface area contributed by atoms with Gasteiger partial charge in [-0.25, -0.2) is 9.78 Å². The summed E-state index contributed by atoms with van der Waals surface area (Å²) < 4.78 is 82.7. The summed E-state index contributed by atoms with van der Waals surface area (Å²) in [4.78, 5) is 13.9. The van der Waals surface area contributed by atoms with E-state index in [0.717, 1.165) is 7.11 Å². The van der Waals surface area contributed by atoms with Crippen LogP contribution in [0.5, 0.6) is 0 Å². The van der Waals surface area contributed by atoms with E-state index in [1.807, 2.05) is 13.8 Å². The van der Waals surface area contributed by atoms with E-state index in [1.54, 1.807) is 0 Å². The Morgan fingerprint density at radius 3 is 2.11 bits per heavy atom. The Labute approximate surface area is 155 Å². The van der Waals surface area contributed by atoms with E-state index in [4.69, 9.17) is 5.73 Å². The minimum atomic E-state index is -4.94. The molecule has 0 atom stereocenters. The van der Waals surface area contributed by atoms with Gasteiger partial charge in [-0.3, -0.25) is 0 Å². The smallest absolute Gasteiger partial charge is 0.427 e. The molecule has 0 spiro atoms. The molecule has 11 heteroatoms. The minimum absolute atomic E-state index is 0.0582. The summed E-state index contributed by atoms with van der Waals surface area (Å²) >= 11 is 0.0582. The highest BCUT2D eigenvalue weighted by atomic mass is 32.1. The lowest BCUT2D eigenvalue weighted by molar-refractivity contribution is -0.137. The first-order chi connectivity index (χ1) is 12.4. The van der Waals surface area contributed by atoms with Crippen LogP contribution in [-0.2, 0) is 17.1 Å². The highest BCUT2D eigenvalue weighted by Crippen LogP contribution is 2.45. The Morgan fingerprint density at radius 1 is 1.15 bits per heavy atom. The molecule has 0 aliphatic carbocycles. The van der Waals surface area contributed by atoms with E-state index in [9.17, 15) is 31.1 Å². The molecule has 0 radical (unpaired) electrons. The number of aromatic nitrogens is 1. The standard InChI is InChI=1S/C14H10F6N2O2S.C2H6/c1-5-9(11-22-4-8(25-11)14(18,19)20)7(13(15,16)17)3-6(10(5)21)12(23)24-2;1-2/h3-4H,21H2,1-2H3;1-2H3. The topological polar surface area (TPSA) is 65.2 Å². The largest absolute Gasteiger partial charge is 0.465 e. The molecule has 0 bridgehead atoms. The number of thiazole rings is 1. The summed E-state index contributed by atoms with van der Waals surface area (Å²) in [7, 11) is 0.967. The fourth-order valence-corrected chi connectivity index (χ4v) is 3.03. The molecule has 4 nitrogen and oxygen atoms in total. The van der Waals surface area contributed by atoms with Gasteiger partial charge >= 0.3 is 18.3 Å². The zero-order chi connectivity index (χ0) is 21.2. The third-order valence-corrected chi connectivity index (χ3v) is 4.40. The van der Waals surface area contributed by atoms with Crippen molar-refractivity contribution in [2.75, 3.05) is 12.8 Å². The Hall–Kier alpha value is -2.30. The number of benzene rings is 1. The second-order valence-electron chi connectivity index (χ2n) is 4.90. The lowest BCUT2D eigenvalue weighted by Gasteiger charge is -2.18. The number of ether oxygens (including phenoxy) is 1. The van der Waals surface area contributed by atoms with E-state index in [0.29, 0.717) is 12.3 Å². The molecule has 0 aliphatic heterocycles. The van der Waals surface area contributed by atoms with Crippen LogP contribution in [0.1, 0.15) is 40.2 Å². The van der Waals surface area contributed by atoms with Crippen molar-refractivity contribution >= 4 is 23.0 Å². The molecule has 1 aromatic carbocycles. The van der Waals surface area contributed by atoms with Gasteiger partial charge in [0.1, 0.15) is 9.88 Å². The maximum absolute atomic E-state index is 13.4. The van der Waals surface area contributed by atoms with E-state index in [-0.39, 0.29) is 22.6 Å². The van der Waals surface area contributed by atoms with Crippen molar-refractivity contribution in [3.05, 3.63) is 33.8 Å². The molecule has 150 valence electrons. The fourth-order valence-electron chi connectivity index (χ4n) is 2.13. The number of anilines is 1. The van der Waals surface area contributed by atoms with Crippen molar-refractivity contribution in [2.24, 2.45) is 0 Å². The molecule has 0 amide bonds. The summed E-state index contributed by atoms with van der Waals surface area (Å²) in [6.45, 7) is 5.17. The van der Waals surface area contributed by atoms with Gasteiger partial charge in [0.05, 0.1) is 24.4 Å². The third-order valence-electron chi connectivity index (χ3n) is 3.34. The van der Waals surface area contributed by atoms with E-state index < -0.39 is 44.9 Å². The number of carbonyl (C=O) groups excluding carboxylic acids is 1. The molecule has 0 saturated carbocycles. The Bertz CT molecular complexity index is 828. The summed E-state index contributed by atoms with van der Waals surface area (Å²) in [6, 6.07) is 0.457. The quantitative estimate of drug-likeness (QED) is 0.398. The first-order valence-corrected chi connectivity index (χ1v) is 8.31. The van der Waals surface area contributed by atoms with Crippen LogP contribution < -0.4 is 5.73 Å². The fraction of sp³-hybridized carbons (Fsp3) is 0.375. The van der Waals surface area contributed by atoms with Crippen LogP contribution in [0.4, 0.5) is 32.0 Å². The van der Waals surface area contributed by atoms with Gasteiger partial charge in [-0.05, 0) is 18.6 Å². The van der Waals surface area contributed by atoms with Crippen LogP contribution >= 0.6 is 11.3 Å². The number of rotatable bonds is 2. The molecule has 0 fully saturated rings. The van der Waals surface area contributed by atoms with Gasteiger partial charge in [0, 0.05) is 11.3 Å². The zero-order valence-electron chi connectivity index (χ0n) is 14.7. The average Bonchev–Trinajstić information content (AvgIpc) is 3.07. The van der Waals surface area contributed by atoms with Crippen molar-refractivity contribution < 1.29 is 35.9 Å². The first kappa shape index (κ1) is 22.7. The number of nitrogen functional groups attached to an aromatic ring is 1. The Morgan fingerprint density at radius 2 is 1.70 bits per heavy atom. The molecular formula is C16H16F6N2O2S. The van der Waals surface area contributed by atoms with Crippen molar-refractivity contribution in [3.63, 3.8) is 0 Å². The number of esters is 1. The van der Waals surface area contributed by atoms with Crippen molar-refractivity contribution in [1.29, 1.82) is 0 Å². The van der Waals surface area contributed by atoms with Crippen molar-refractivity contribution in [3.8, 4) is 10.6 Å². The number of nitrogens with zero attached hydrogens (tertiary/aromatic N) is 1. The Balaban J connectivity index is 0.00000176. The maximum Gasteiger partial charge on any atom is 0.427 e. The van der Waals surface area contributed by atoms with Crippen LogP contribution in [0.3, 0.4) is 0 Å². The van der Waals surface area contributed by atoms with Crippen molar-refractivity contribution in [1.82, 2.24) is 4.98 Å². The molecule has 27 heavy (non-hydrogen) atoms. The highest BCUT2D eigenvalue weighted by Gasteiger charge is 2.39. The van der Waals surface area contributed by atoms with E-state index in [2.05, 4.69) is 9.72 Å². The minimum Gasteiger partial charge on any atom is -0.465 e. The number of methoxy groups -OCH3 is 1. The Kier molecular flexibility index (Phi) is 6.87. The normalized spacial score (nSPS) is 11.6. The lowest BCUT2D eigenvalue weighted by atomic mass is 9.96. The second-order valence-corrected chi connectivity index (χ2v) is 5.93. The van der Waals surface area contributed by atoms with Gasteiger partial charge in [-0.1, -0.05) is 13.8 Å². The molecule has 1 aromatic heterocycles. The van der Waals surface area contributed by atoms with Gasteiger partial charge in [0.15, 0.2) is 0 Å². The molecule has 0 saturated heterocycles.